The van der Waals surface area contributed by atoms with Crippen LogP contribution < -0.4 is 15.7 Å². The fourth-order valence-corrected chi connectivity index (χ4v) is 5.56. The van der Waals surface area contributed by atoms with E-state index in [0.717, 1.165) is 50.6 Å². The van der Waals surface area contributed by atoms with Crippen LogP contribution in [0.4, 0.5) is 0 Å². The minimum atomic E-state index is -1.05. The van der Waals surface area contributed by atoms with Gasteiger partial charge in [0.2, 0.25) is 0 Å². The molecule has 4 N–H and O–H groups in total. The molecule has 1 heterocycles. The quantitative estimate of drug-likeness (QED) is 0.448. The third kappa shape index (κ3) is 4.20. The van der Waals surface area contributed by atoms with Crippen LogP contribution in [0.5, 0.6) is 5.75 Å². The van der Waals surface area contributed by atoms with Gasteiger partial charge in [0.05, 0.1) is 5.56 Å². The molecule has 0 amide bonds. The predicted molar refractivity (Wildman–Crippen MR) is 117 cm³/mol. The van der Waals surface area contributed by atoms with Gasteiger partial charge < -0.3 is 20.7 Å². The summed E-state index contributed by atoms with van der Waals surface area (Å²) in [6.45, 7) is 3.01. The summed E-state index contributed by atoms with van der Waals surface area (Å²) in [5.74, 6) is 0.888. The molecule has 1 aromatic carbocycles. The van der Waals surface area contributed by atoms with Crippen LogP contribution in [0.1, 0.15) is 67.8 Å². The molecule has 0 radical (unpaired) electrons. The Morgan fingerprint density at radius 3 is 2.63 bits per heavy atom. The van der Waals surface area contributed by atoms with E-state index in [1.165, 1.54) is 6.92 Å². The molecular weight excluding hydrogens is 379 g/mol. The second-order valence-corrected chi connectivity index (χ2v) is 9.40. The summed E-state index contributed by atoms with van der Waals surface area (Å²) in [6.07, 6.45) is 7.25. The Balaban J connectivity index is 1.38. The van der Waals surface area contributed by atoms with E-state index in [9.17, 15) is 14.6 Å². The van der Waals surface area contributed by atoms with Crippen molar-refractivity contribution in [2.45, 2.75) is 70.1 Å². The molecule has 0 aromatic heterocycles. The molecule has 7 heteroatoms. The van der Waals surface area contributed by atoms with Gasteiger partial charge in [-0.05, 0) is 69.4 Å². The number of benzene rings is 1. The number of carbonyl (C=O) groups excluding carboxylic acids is 2. The predicted octanol–water partition coefficient (Wildman–Crippen LogP) is 2.52. The number of Topliss-reactive ketones (excluding diaryl/α,β-unsaturated/α-hetero) is 2. The highest BCUT2D eigenvalue weighted by atomic mass is 16.5. The molecule has 2 fully saturated rings. The van der Waals surface area contributed by atoms with Crippen molar-refractivity contribution in [1.29, 1.82) is 0 Å². The highest BCUT2D eigenvalue weighted by Gasteiger charge is 2.56. The first kappa shape index (κ1) is 21.5. The van der Waals surface area contributed by atoms with Crippen LogP contribution >= 0.6 is 0 Å². The summed E-state index contributed by atoms with van der Waals surface area (Å²) < 4.78 is 5.73. The lowest BCUT2D eigenvalue weighted by Gasteiger charge is -2.35. The van der Waals surface area contributed by atoms with Crippen LogP contribution in [0.25, 0.3) is 0 Å². The third-order valence-corrected chi connectivity index (χ3v) is 7.48. The maximum absolute atomic E-state index is 13.3. The summed E-state index contributed by atoms with van der Waals surface area (Å²) >= 11 is 0. The number of hydrogen-bond acceptors (Lipinski definition) is 6. The van der Waals surface area contributed by atoms with Crippen molar-refractivity contribution in [3.05, 3.63) is 29.3 Å². The normalized spacial score (nSPS) is 27.2. The fraction of sp³-hybridized carbons (Fsp3) is 0.652. The van der Waals surface area contributed by atoms with E-state index in [1.54, 1.807) is 6.07 Å². The summed E-state index contributed by atoms with van der Waals surface area (Å²) in [7, 11) is -1.05. The number of rotatable bonds is 8. The van der Waals surface area contributed by atoms with Crippen LogP contribution in [-0.4, -0.2) is 42.8 Å². The topological polar surface area (TPSA) is 102 Å². The van der Waals surface area contributed by atoms with Crippen LogP contribution in [0.15, 0.2) is 18.2 Å². The number of nitrogens with one attached hydrogen (secondary N) is 1. The Hall–Kier alpha value is -1.70. The Kier molecular flexibility index (Phi) is 6.32. The maximum atomic E-state index is 13.3. The lowest BCUT2D eigenvalue weighted by atomic mass is 9.62. The standard InChI is InChI=1S/C23H33BN2O4/c1-15(27)20-4-2-3-16-13-18(24(29)30-22(16)20)14-21(28)23(9-10-23)17-5-7-19(8-6-17)26-12-11-25/h2-4,17-19,26,29H,5-14,25H2,1H3/t17?,18-,19?/m1/s1. The highest BCUT2D eigenvalue weighted by molar-refractivity contribution is 6.47. The number of para-hydroxylation sites is 1. The zero-order valence-electron chi connectivity index (χ0n) is 17.9. The summed E-state index contributed by atoms with van der Waals surface area (Å²) in [5, 5.41) is 14.1. The molecule has 0 saturated heterocycles. The molecule has 3 aliphatic rings. The molecule has 0 spiro atoms. The van der Waals surface area contributed by atoms with Gasteiger partial charge >= 0.3 is 7.12 Å². The second kappa shape index (κ2) is 8.81. The first-order valence-electron chi connectivity index (χ1n) is 11.4. The third-order valence-electron chi connectivity index (χ3n) is 7.48. The van der Waals surface area contributed by atoms with E-state index in [0.29, 0.717) is 48.4 Å². The van der Waals surface area contributed by atoms with Crippen LogP contribution in [0, 0.1) is 11.3 Å². The summed E-state index contributed by atoms with van der Waals surface area (Å²) in [5.41, 5.74) is 6.81. The van der Waals surface area contributed by atoms with E-state index in [2.05, 4.69) is 5.32 Å². The van der Waals surface area contributed by atoms with Crippen LogP contribution in [-0.2, 0) is 11.2 Å². The van der Waals surface area contributed by atoms with E-state index >= 15 is 0 Å². The van der Waals surface area contributed by atoms with Crippen molar-refractivity contribution in [2.75, 3.05) is 13.1 Å². The number of nitrogens with two attached hydrogens (primary N) is 1. The molecule has 1 aromatic rings. The molecule has 30 heavy (non-hydrogen) atoms. The largest absolute Gasteiger partial charge is 0.535 e. The zero-order chi connectivity index (χ0) is 21.3. The SMILES string of the molecule is CC(=O)c1cccc2c1OB(O)[C@@H](CC(=O)C1(C3CCC(NCCN)CC3)CC1)C2. The Bertz CT molecular complexity index is 802. The summed E-state index contributed by atoms with van der Waals surface area (Å²) in [4.78, 5) is 25.2. The van der Waals surface area contributed by atoms with Gasteiger partial charge in [-0.3, -0.25) is 9.59 Å². The molecule has 0 bridgehead atoms. The van der Waals surface area contributed by atoms with Crippen molar-refractivity contribution in [2.24, 2.45) is 17.1 Å². The highest BCUT2D eigenvalue weighted by Crippen LogP contribution is 2.58. The lowest BCUT2D eigenvalue weighted by molar-refractivity contribution is -0.127. The number of carbonyl (C=O) groups is 2. The second-order valence-electron chi connectivity index (χ2n) is 9.40. The molecule has 4 rings (SSSR count). The van der Waals surface area contributed by atoms with Crippen LogP contribution in [0.2, 0.25) is 5.82 Å². The number of fused-ring (bicyclic) bond motifs is 1. The van der Waals surface area contributed by atoms with Crippen molar-refractivity contribution in [3.8, 4) is 5.75 Å². The number of ketones is 2. The van der Waals surface area contributed by atoms with Gasteiger partial charge in [0.15, 0.2) is 5.78 Å². The lowest BCUT2D eigenvalue weighted by Crippen LogP contribution is -2.40. The molecular formula is C23H33BN2O4. The zero-order valence-corrected chi connectivity index (χ0v) is 17.9. The Morgan fingerprint density at radius 1 is 1.27 bits per heavy atom. The average Bonchev–Trinajstić information content (AvgIpc) is 3.55. The minimum Gasteiger partial charge on any atom is -0.535 e. The molecule has 162 valence electrons. The van der Waals surface area contributed by atoms with E-state index in [-0.39, 0.29) is 17.0 Å². The van der Waals surface area contributed by atoms with Gasteiger partial charge in [-0.2, -0.15) is 0 Å². The first-order valence-corrected chi connectivity index (χ1v) is 11.4. The van der Waals surface area contributed by atoms with Gasteiger partial charge in [0, 0.05) is 36.8 Å². The maximum Gasteiger partial charge on any atom is 0.526 e. The van der Waals surface area contributed by atoms with Gasteiger partial charge in [-0.15, -0.1) is 0 Å². The van der Waals surface area contributed by atoms with Gasteiger partial charge in [0.1, 0.15) is 11.5 Å². The van der Waals surface area contributed by atoms with Crippen molar-refractivity contribution >= 4 is 18.7 Å². The van der Waals surface area contributed by atoms with E-state index in [1.807, 2.05) is 12.1 Å². The van der Waals surface area contributed by atoms with Gasteiger partial charge in [-0.25, -0.2) is 0 Å². The van der Waals surface area contributed by atoms with Gasteiger partial charge in [0.25, 0.3) is 0 Å². The fourth-order valence-electron chi connectivity index (χ4n) is 5.56. The average molecular weight is 412 g/mol. The van der Waals surface area contributed by atoms with E-state index < -0.39 is 7.12 Å². The smallest absolute Gasteiger partial charge is 0.526 e. The van der Waals surface area contributed by atoms with Crippen molar-refractivity contribution in [3.63, 3.8) is 0 Å². The van der Waals surface area contributed by atoms with Crippen molar-refractivity contribution in [1.82, 2.24) is 5.32 Å². The first-order chi connectivity index (χ1) is 14.4. The molecule has 2 saturated carbocycles. The number of hydrogen-bond donors (Lipinski definition) is 3. The molecule has 1 atom stereocenters. The molecule has 0 unspecified atom stereocenters. The van der Waals surface area contributed by atoms with Gasteiger partial charge in [-0.1, -0.05) is 12.1 Å². The summed E-state index contributed by atoms with van der Waals surface area (Å²) in [6, 6.07) is 6.01. The molecule has 6 nitrogen and oxygen atoms in total. The van der Waals surface area contributed by atoms with Crippen molar-refractivity contribution < 1.29 is 19.3 Å². The van der Waals surface area contributed by atoms with E-state index in [4.69, 9.17) is 10.4 Å². The Labute approximate surface area is 179 Å². The Morgan fingerprint density at radius 2 is 2.00 bits per heavy atom. The van der Waals surface area contributed by atoms with Crippen LogP contribution in [0.3, 0.4) is 0 Å². The molecule has 1 aliphatic heterocycles. The monoisotopic (exact) mass is 412 g/mol. The molecule has 2 aliphatic carbocycles. The minimum absolute atomic E-state index is 0.0814.